The van der Waals surface area contributed by atoms with Crippen LogP contribution in [0.5, 0.6) is 11.6 Å². The van der Waals surface area contributed by atoms with Gasteiger partial charge in [-0.2, -0.15) is 0 Å². The van der Waals surface area contributed by atoms with Gasteiger partial charge in [0.2, 0.25) is 5.88 Å². The molecule has 1 aromatic heterocycles. The molecule has 0 aliphatic heterocycles. The van der Waals surface area contributed by atoms with Gasteiger partial charge < -0.3 is 4.74 Å². The molecule has 3 nitrogen and oxygen atoms in total. The van der Waals surface area contributed by atoms with Crippen molar-refractivity contribution >= 4 is 22.6 Å². The van der Waals surface area contributed by atoms with Crippen molar-refractivity contribution in [3.8, 4) is 11.6 Å². The molecule has 2 aromatic rings. The summed E-state index contributed by atoms with van der Waals surface area (Å²) in [5, 5.41) is 0. The van der Waals surface area contributed by atoms with E-state index in [2.05, 4.69) is 39.5 Å². The number of nitrogens with zero attached hydrogens (tertiary/aromatic N) is 2. The summed E-state index contributed by atoms with van der Waals surface area (Å²) in [4.78, 5) is 8.20. The zero-order valence-corrected chi connectivity index (χ0v) is 11.0. The second-order valence-corrected chi connectivity index (χ2v) is 4.51. The molecular formula is C12H11IN2O. The maximum absolute atomic E-state index is 5.65. The van der Waals surface area contributed by atoms with Crippen LogP contribution in [0.15, 0.2) is 36.7 Å². The summed E-state index contributed by atoms with van der Waals surface area (Å²) in [5.41, 5.74) is 0.982. The largest absolute Gasteiger partial charge is 0.439 e. The van der Waals surface area contributed by atoms with Crippen LogP contribution in [0.4, 0.5) is 0 Å². The van der Waals surface area contributed by atoms with Gasteiger partial charge >= 0.3 is 0 Å². The van der Waals surface area contributed by atoms with Gasteiger partial charge in [0.1, 0.15) is 12.1 Å². The molecule has 0 amide bonds. The summed E-state index contributed by atoms with van der Waals surface area (Å²) in [6.45, 7) is 2.05. The summed E-state index contributed by atoms with van der Waals surface area (Å²) >= 11 is 2.25. The number of hydrogen-bond donors (Lipinski definition) is 0. The fraction of sp³-hybridized carbons (Fsp3) is 0.167. The molecule has 0 aliphatic carbocycles. The highest BCUT2D eigenvalue weighted by Crippen LogP contribution is 2.21. The van der Waals surface area contributed by atoms with Crippen LogP contribution in [0.2, 0.25) is 0 Å². The maximum Gasteiger partial charge on any atom is 0.222 e. The SMILES string of the molecule is CCc1cc(Oc2cccc(I)c2)ncn1. The van der Waals surface area contributed by atoms with Gasteiger partial charge in [-0.15, -0.1) is 0 Å². The number of hydrogen-bond acceptors (Lipinski definition) is 3. The van der Waals surface area contributed by atoms with E-state index >= 15 is 0 Å². The monoisotopic (exact) mass is 326 g/mol. The first-order chi connectivity index (χ1) is 7.78. The molecule has 0 N–H and O–H groups in total. The molecule has 0 spiro atoms. The lowest BCUT2D eigenvalue weighted by molar-refractivity contribution is 0.460. The summed E-state index contributed by atoms with van der Waals surface area (Å²) in [6, 6.07) is 9.72. The molecule has 0 atom stereocenters. The fourth-order valence-electron chi connectivity index (χ4n) is 1.28. The minimum absolute atomic E-state index is 0.592. The highest BCUT2D eigenvalue weighted by atomic mass is 127. The molecule has 0 saturated heterocycles. The van der Waals surface area contributed by atoms with Crippen LogP contribution in [-0.4, -0.2) is 9.97 Å². The Balaban J connectivity index is 2.20. The van der Waals surface area contributed by atoms with Gasteiger partial charge in [-0.1, -0.05) is 13.0 Å². The van der Waals surface area contributed by atoms with Gasteiger partial charge in [-0.3, -0.25) is 0 Å². The number of ether oxygens (including phenoxy) is 1. The second-order valence-electron chi connectivity index (χ2n) is 3.26. The first-order valence-electron chi connectivity index (χ1n) is 5.02. The van der Waals surface area contributed by atoms with E-state index < -0.39 is 0 Å². The van der Waals surface area contributed by atoms with E-state index in [1.807, 2.05) is 30.3 Å². The highest BCUT2D eigenvalue weighted by molar-refractivity contribution is 14.1. The predicted molar refractivity (Wildman–Crippen MR) is 70.6 cm³/mol. The first kappa shape index (κ1) is 11.3. The molecule has 0 aliphatic rings. The van der Waals surface area contributed by atoms with Crippen molar-refractivity contribution in [2.75, 3.05) is 0 Å². The average molecular weight is 326 g/mol. The molecule has 1 aromatic carbocycles. The van der Waals surface area contributed by atoms with Crippen LogP contribution in [0.25, 0.3) is 0 Å². The van der Waals surface area contributed by atoms with E-state index in [4.69, 9.17) is 4.74 Å². The van der Waals surface area contributed by atoms with Gasteiger partial charge in [0.25, 0.3) is 0 Å². The van der Waals surface area contributed by atoms with Crippen molar-refractivity contribution in [3.05, 3.63) is 45.9 Å². The van der Waals surface area contributed by atoms with Crippen LogP contribution < -0.4 is 4.74 Å². The Morgan fingerprint density at radius 3 is 2.88 bits per heavy atom. The predicted octanol–water partition coefficient (Wildman–Crippen LogP) is 3.44. The summed E-state index contributed by atoms with van der Waals surface area (Å²) in [6.07, 6.45) is 2.41. The molecule has 0 fully saturated rings. The normalized spacial score (nSPS) is 10.1. The summed E-state index contributed by atoms with van der Waals surface area (Å²) < 4.78 is 6.78. The van der Waals surface area contributed by atoms with Gasteiger partial charge in [0.15, 0.2) is 0 Å². The number of aryl methyl sites for hydroxylation is 1. The molecular weight excluding hydrogens is 315 g/mol. The molecule has 16 heavy (non-hydrogen) atoms. The minimum atomic E-state index is 0.592. The van der Waals surface area contributed by atoms with Gasteiger partial charge in [-0.05, 0) is 47.2 Å². The topological polar surface area (TPSA) is 35.0 Å². The molecule has 0 bridgehead atoms. The Labute approximate surface area is 108 Å². The van der Waals surface area contributed by atoms with Crippen LogP contribution in [0.1, 0.15) is 12.6 Å². The summed E-state index contributed by atoms with van der Waals surface area (Å²) in [5.74, 6) is 1.39. The quantitative estimate of drug-likeness (QED) is 0.811. The Hall–Kier alpha value is -1.17. The lowest BCUT2D eigenvalue weighted by Crippen LogP contribution is -1.92. The molecule has 82 valence electrons. The lowest BCUT2D eigenvalue weighted by Gasteiger charge is -2.05. The Bertz CT molecular complexity index is 488. The third kappa shape index (κ3) is 2.91. The van der Waals surface area contributed by atoms with E-state index in [-0.39, 0.29) is 0 Å². The number of halogens is 1. The van der Waals surface area contributed by atoms with Crippen LogP contribution in [0.3, 0.4) is 0 Å². The van der Waals surface area contributed by atoms with Crippen molar-refractivity contribution in [2.24, 2.45) is 0 Å². The van der Waals surface area contributed by atoms with Crippen molar-refractivity contribution in [3.63, 3.8) is 0 Å². The number of aromatic nitrogens is 2. The van der Waals surface area contributed by atoms with Crippen LogP contribution in [0, 0.1) is 3.57 Å². The highest BCUT2D eigenvalue weighted by Gasteiger charge is 2.00. The second kappa shape index (κ2) is 5.25. The standard InChI is InChI=1S/C12H11IN2O/c1-2-10-7-12(15-8-14-10)16-11-5-3-4-9(13)6-11/h3-8H,2H2,1H3. The molecule has 0 radical (unpaired) electrons. The van der Waals surface area contributed by atoms with Crippen LogP contribution >= 0.6 is 22.6 Å². The minimum Gasteiger partial charge on any atom is -0.439 e. The molecule has 0 saturated carbocycles. The zero-order valence-electron chi connectivity index (χ0n) is 8.85. The Kier molecular flexibility index (Phi) is 3.71. The van der Waals surface area contributed by atoms with Gasteiger partial charge in [0, 0.05) is 15.3 Å². The van der Waals surface area contributed by atoms with Gasteiger partial charge in [-0.25, -0.2) is 9.97 Å². The molecule has 4 heteroatoms. The Morgan fingerprint density at radius 2 is 2.12 bits per heavy atom. The van der Waals surface area contributed by atoms with Crippen LogP contribution in [-0.2, 0) is 6.42 Å². The molecule has 0 unspecified atom stereocenters. The van der Waals surface area contributed by atoms with Crippen molar-refractivity contribution in [2.45, 2.75) is 13.3 Å². The zero-order chi connectivity index (χ0) is 11.4. The van der Waals surface area contributed by atoms with E-state index in [1.165, 1.54) is 6.33 Å². The molecule has 2 rings (SSSR count). The number of benzene rings is 1. The van der Waals surface area contributed by atoms with E-state index in [1.54, 1.807) is 0 Å². The van der Waals surface area contributed by atoms with E-state index in [9.17, 15) is 0 Å². The van der Waals surface area contributed by atoms with E-state index in [0.717, 1.165) is 21.4 Å². The number of rotatable bonds is 3. The maximum atomic E-state index is 5.65. The van der Waals surface area contributed by atoms with Crippen molar-refractivity contribution < 1.29 is 4.74 Å². The smallest absolute Gasteiger partial charge is 0.222 e. The fourth-order valence-corrected chi connectivity index (χ4v) is 1.79. The van der Waals surface area contributed by atoms with Gasteiger partial charge in [0.05, 0.1) is 0 Å². The average Bonchev–Trinajstić information content (AvgIpc) is 2.29. The third-order valence-corrected chi connectivity index (χ3v) is 2.75. The third-order valence-electron chi connectivity index (χ3n) is 2.08. The van der Waals surface area contributed by atoms with Crippen molar-refractivity contribution in [1.29, 1.82) is 0 Å². The molecule has 1 heterocycles. The van der Waals surface area contributed by atoms with Crippen molar-refractivity contribution in [1.82, 2.24) is 9.97 Å². The first-order valence-corrected chi connectivity index (χ1v) is 6.10. The Morgan fingerprint density at radius 1 is 1.25 bits per heavy atom. The summed E-state index contributed by atoms with van der Waals surface area (Å²) in [7, 11) is 0. The van der Waals surface area contributed by atoms with E-state index in [0.29, 0.717) is 5.88 Å². The lowest BCUT2D eigenvalue weighted by atomic mass is 10.3.